The number of amides is 1. The molecule has 1 amide bonds. The van der Waals surface area contributed by atoms with Crippen molar-refractivity contribution in [1.82, 2.24) is 24.4 Å². The molecule has 35 heavy (non-hydrogen) atoms. The molecule has 0 radical (unpaired) electrons. The number of aromatic amines is 2. The van der Waals surface area contributed by atoms with Crippen molar-refractivity contribution in [2.24, 2.45) is 11.8 Å². The lowest BCUT2D eigenvalue weighted by Gasteiger charge is -2.41. The number of H-pyrrole nitrogens is 2. The SMILES string of the molecule is O=C(c1cc(N2CCC(n3c(=O)[nH]c4ncccc43)CC2)[nH]c(=O)c1)N1CCC2CCCCC2C1. The third-order valence-corrected chi connectivity index (χ3v) is 8.32. The van der Waals surface area contributed by atoms with Crippen LogP contribution in [0.3, 0.4) is 0 Å². The summed E-state index contributed by atoms with van der Waals surface area (Å²) in [6, 6.07) is 7.08. The molecule has 2 aliphatic heterocycles. The van der Waals surface area contributed by atoms with Crippen molar-refractivity contribution in [2.45, 2.75) is 51.0 Å². The quantitative estimate of drug-likeness (QED) is 0.605. The number of nitrogens with zero attached hydrogens (tertiary/aromatic N) is 4. The van der Waals surface area contributed by atoms with E-state index in [1.807, 2.05) is 23.1 Å². The number of carbonyl (C=O) groups excluding carboxylic acids is 1. The zero-order chi connectivity index (χ0) is 23.9. The number of likely N-dealkylation sites (tertiary alicyclic amines) is 1. The lowest BCUT2D eigenvalue weighted by Crippen LogP contribution is -2.45. The number of nitrogens with one attached hydrogen (secondary N) is 2. The van der Waals surface area contributed by atoms with Crippen LogP contribution in [-0.2, 0) is 0 Å². The van der Waals surface area contributed by atoms with E-state index in [2.05, 4.69) is 19.9 Å². The molecule has 3 aliphatic rings. The van der Waals surface area contributed by atoms with Gasteiger partial charge in [-0.25, -0.2) is 9.78 Å². The lowest BCUT2D eigenvalue weighted by molar-refractivity contribution is 0.0520. The molecule has 3 aromatic heterocycles. The summed E-state index contributed by atoms with van der Waals surface area (Å²) in [4.78, 5) is 52.5. The summed E-state index contributed by atoms with van der Waals surface area (Å²) in [5.41, 5.74) is 1.50. The molecule has 6 rings (SSSR count). The van der Waals surface area contributed by atoms with Gasteiger partial charge in [0.15, 0.2) is 5.65 Å². The van der Waals surface area contributed by atoms with Crippen LogP contribution in [0.2, 0.25) is 0 Å². The highest BCUT2D eigenvalue weighted by atomic mass is 16.2. The smallest absolute Gasteiger partial charge is 0.327 e. The highest BCUT2D eigenvalue weighted by Gasteiger charge is 2.33. The normalized spacial score (nSPS) is 23.4. The van der Waals surface area contributed by atoms with Crippen molar-refractivity contribution in [3.8, 4) is 0 Å². The van der Waals surface area contributed by atoms with Crippen molar-refractivity contribution in [1.29, 1.82) is 0 Å². The van der Waals surface area contributed by atoms with E-state index >= 15 is 0 Å². The zero-order valence-electron chi connectivity index (χ0n) is 19.9. The van der Waals surface area contributed by atoms with Crippen molar-refractivity contribution in [3.63, 3.8) is 0 Å². The number of anilines is 1. The minimum atomic E-state index is -0.251. The van der Waals surface area contributed by atoms with E-state index in [1.54, 1.807) is 10.8 Å². The van der Waals surface area contributed by atoms with Gasteiger partial charge >= 0.3 is 5.69 Å². The Morgan fingerprint density at radius 3 is 2.57 bits per heavy atom. The van der Waals surface area contributed by atoms with Gasteiger partial charge in [-0.05, 0) is 55.7 Å². The highest BCUT2D eigenvalue weighted by Crippen LogP contribution is 2.36. The molecular formula is C26H32N6O3. The van der Waals surface area contributed by atoms with Gasteiger partial charge in [-0.2, -0.15) is 0 Å². The van der Waals surface area contributed by atoms with Crippen LogP contribution in [0, 0.1) is 11.8 Å². The van der Waals surface area contributed by atoms with Crippen LogP contribution < -0.4 is 16.1 Å². The molecule has 0 bridgehead atoms. The number of hydrogen-bond donors (Lipinski definition) is 2. The summed E-state index contributed by atoms with van der Waals surface area (Å²) in [7, 11) is 0. The highest BCUT2D eigenvalue weighted by molar-refractivity contribution is 5.95. The molecule has 3 fully saturated rings. The van der Waals surface area contributed by atoms with E-state index in [0.717, 1.165) is 43.8 Å². The molecule has 184 valence electrons. The molecule has 1 aliphatic carbocycles. The van der Waals surface area contributed by atoms with Gasteiger partial charge in [0.1, 0.15) is 5.82 Å². The molecule has 2 unspecified atom stereocenters. The van der Waals surface area contributed by atoms with Crippen LogP contribution in [0.15, 0.2) is 40.1 Å². The first-order chi connectivity index (χ1) is 17.1. The van der Waals surface area contributed by atoms with Crippen LogP contribution in [0.4, 0.5) is 5.82 Å². The van der Waals surface area contributed by atoms with E-state index in [1.165, 1.54) is 31.7 Å². The van der Waals surface area contributed by atoms with E-state index in [4.69, 9.17) is 0 Å². The number of piperidine rings is 2. The molecule has 1 saturated carbocycles. The Bertz CT molecular complexity index is 1350. The first kappa shape index (κ1) is 22.1. The second-order valence-electron chi connectivity index (χ2n) is 10.4. The summed E-state index contributed by atoms with van der Waals surface area (Å²) >= 11 is 0. The predicted octanol–water partition coefficient (Wildman–Crippen LogP) is 2.91. The fraction of sp³-hybridized carbons (Fsp3) is 0.538. The van der Waals surface area contributed by atoms with Crippen LogP contribution >= 0.6 is 0 Å². The summed E-state index contributed by atoms with van der Waals surface area (Å²) in [6.07, 6.45) is 9.34. The largest absolute Gasteiger partial charge is 0.358 e. The number of aromatic nitrogens is 4. The maximum atomic E-state index is 13.3. The maximum absolute atomic E-state index is 13.3. The molecule has 3 aromatic rings. The van der Waals surface area contributed by atoms with Crippen LogP contribution in [0.25, 0.3) is 11.2 Å². The average Bonchev–Trinajstić information content (AvgIpc) is 3.23. The Balaban J connectivity index is 1.17. The number of fused-ring (bicyclic) bond motifs is 2. The van der Waals surface area contributed by atoms with Gasteiger partial charge in [-0.3, -0.25) is 19.1 Å². The standard InChI is InChI=1S/C26H32N6O3/c33-23-15-19(25(34)31-11-7-17-4-1-2-5-18(17)16-31)14-22(28-23)30-12-8-20(9-13-30)32-21-6-3-10-27-24(21)29-26(32)35/h3,6,10,14-15,17-18,20H,1-2,4-5,7-9,11-13,16H2,(H,28,33)(H,27,29,35). The third-order valence-electron chi connectivity index (χ3n) is 8.32. The minimum Gasteiger partial charge on any atom is -0.358 e. The summed E-state index contributed by atoms with van der Waals surface area (Å²) in [5, 5.41) is 0. The van der Waals surface area contributed by atoms with Crippen molar-refractivity contribution in [2.75, 3.05) is 31.1 Å². The van der Waals surface area contributed by atoms with Gasteiger partial charge in [-0.15, -0.1) is 0 Å². The lowest BCUT2D eigenvalue weighted by atomic mass is 9.75. The van der Waals surface area contributed by atoms with Gasteiger partial charge < -0.3 is 14.8 Å². The molecule has 9 heteroatoms. The van der Waals surface area contributed by atoms with Crippen LogP contribution in [0.1, 0.15) is 61.3 Å². The molecule has 0 spiro atoms. The maximum Gasteiger partial charge on any atom is 0.327 e. The number of carbonyl (C=O) groups is 1. The molecule has 2 saturated heterocycles. The molecule has 2 N–H and O–H groups in total. The van der Waals surface area contributed by atoms with Crippen LogP contribution in [-0.4, -0.2) is 56.5 Å². The Morgan fingerprint density at radius 1 is 0.943 bits per heavy atom. The summed E-state index contributed by atoms with van der Waals surface area (Å²) in [6.45, 7) is 2.96. The Hall–Kier alpha value is -3.36. The zero-order valence-corrected chi connectivity index (χ0v) is 19.9. The van der Waals surface area contributed by atoms with E-state index in [0.29, 0.717) is 36.0 Å². The van der Waals surface area contributed by atoms with Crippen molar-refractivity contribution < 1.29 is 4.79 Å². The fourth-order valence-corrected chi connectivity index (χ4v) is 6.48. The monoisotopic (exact) mass is 476 g/mol. The molecule has 2 atom stereocenters. The predicted molar refractivity (Wildman–Crippen MR) is 134 cm³/mol. The second-order valence-corrected chi connectivity index (χ2v) is 10.4. The summed E-state index contributed by atoms with van der Waals surface area (Å²) in [5.74, 6) is 2.00. The van der Waals surface area contributed by atoms with Crippen molar-refractivity contribution >= 4 is 22.9 Å². The van der Waals surface area contributed by atoms with Crippen molar-refractivity contribution in [3.05, 3.63) is 56.9 Å². The number of imidazole rings is 1. The van der Waals surface area contributed by atoms with E-state index in [9.17, 15) is 14.4 Å². The fourth-order valence-electron chi connectivity index (χ4n) is 6.48. The van der Waals surface area contributed by atoms with Gasteiger partial charge in [0.25, 0.3) is 5.91 Å². The topological polar surface area (TPSA) is 107 Å². The number of pyridine rings is 2. The third kappa shape index (κ3) is 4.17. The second kappa shape index (κ2) is 9.02. The van der Waals surface area contributed by atoms with Gasteiger partial charge in [0, 0.05) is 50.0 Å². The van der Waals surface area contributed by atoms with E-state index < -0.39 is 0 Å². The molecule has 0 aromatic carbocycles. The van der Waals surface area contributed by atoms with Gasteiger partial charge in [-0.1, -0.05) is 19.3 Å². The Labute approximate surface area is 203 Å². The van der Waals surface area contributed by atoms with Crippen LogP contribution in [0.5, 0.6) is 0 Å². The first-order valence-electron chi connectivity index (χ1n) is 12.9. The minimum absolute atomic E-state index is 0.0332. The summed E-state index contributed by atoms with van der Waals surface area (Å²) < 4.78 is 1.80. The Kier molecular flexibility index (Phi) is 5.70. The number of rotatable bonds is 3. The molecular weight excluding hydrogens is 444 g/mol. The molecule has 9 nitrogen and oxygen atoms in total. The van der Waals surface area contributed by atoms with Gasteiger partial charge in [0.05, 0.1) is 5.52 Å². The molecule has 5 heterocycles. The van der Waals surface area contributed by atoms with E-state index in [-0.39, 0.29) is 23.2 Å². The first-order valence-corrected chi connectivity index (χ1v) is 12.9. The average molecular weight is 477 g/mol. The van der Waals surface area contributed by atoms with Gasteiger partial charge in [0.2, 0.25) is 5.56 Å². The number of hydrogen-bond acceptors (Lipinski definition) is 5. The Morgan fingerprint density at radius 2 is 1.74 bits per heavy atom.